The lowest BCUT2D eigenvalue weighted by Gasteiger charge is -2.16. The van der Waals surface area contributed by atoms with E-state index in [-0.39, 0.29) is 35.1 Å². The molecule has 0 bridgehead atoms. The Morgan fingerprint density at radius 2 is 1.97 bits per heavy atom. The van der Waals surface area contributed by atoms with Crippen molar-refractivity contribution in [3.8, 4) is 6.07 Å². The van der Waals surface area contributed by atoms with Gasteiger partial charge in [0, 0.05) is 24.2 Å². The van der Waals surface area contributed by atoms with Crippen LogP contribution >= 0.6 is 0 Å². The maximum atomic E-state index is 14.3. The van der Waals surface area contributed by atoms with Gasteiger partial charge in [-0.15, -0.1) is 0 Å². The van der Waals surface area contributed by atoms with Gasteiger partial charge in [-0.2, -0.15) is 18.4 Å². The smallest absolute Gasteiger partial charge is 0.367 e. The summed E-state index contributed by atoms with van der Waals surface area (Å²) in [5.41, 5.74) is -1.40. The molecule has 0 aliphatic carbocycles. The molecule has 8 nitrogen and oxygen atoms in total. The van der Waals surface area contributed by atoms with E-state index < -0.39 is 39.3 Å². The van der Waals surface area contributed by atoms with Gasteiger partial charge < -0.3 is 10.6 Å². The van der Waals surface area contributed by atoms with Crippen molar-refractivity contribution in [1.82, 2.24) is 10.3 Å². The average Bonchev–Trinajstić information content (AvgIpc) is 2.76. The van der Waals surface area contributed by atoms with Crippen LogP contribution in [-0.2, 0) is 27.5 Å². The molecule has 2 rings (SSSR count). The molecule has 1 amide bonds. The van der Waals surface area contributed by atoms with Crippen LogP contribution in [0.2, 0.25) is 0 Å². The van der Waals surface area contributed by atoms with Crippen LogP contribution < -0.4 is 15.4 Å². The highest BCUT2D eigenvalue weighted by molar-refractivity contribution is 7.92. The lowest BCUT2D eigenvalue weighted by molar-refractivity contribution is -0.141. The van der Waals surface area contributed by atoms with Gasteiger partial charge >= 0.3 is 6.18 Å². The minimum absolute atomic E-state index is 0.0343. The number of anilines is 2. The Morgan fingerprint density at radius 3 is 2.54 bits per heavy atom. The lowest BCUT2D eigenvalue weighted by atomic mass is 10.1. The first-order valence-corrected chi connectivity index (χ1v) is 12.1. The molecule has 2 aromatic rings. The van der Waals surface area contributed by atoms with Crippen molar-refractivity contribution in [2.75, 3.05) is 16.3 Å². The Bertz CT molecular complexity index is 1270. The number of carbonyl (C=O) groups excluding carboxylic acids is 1. The second kappa shape index (κ2) is 11.2. The first-order valence-electron chi connectivity index (χ1n) is 10.2. The van der Waals surface area contributed by atoms with Gasteiger partial charge in [-0.3, -0.25) is 9.52 Å². The highest BCUT2D eigenvalue weighted by Gasteiger charge is 2.33. The van der Waals surface area contributed by atoms with Gasteiger partial charge in [0.05, 0.1) is 11.8 Å². The van der Waals surface area contributed by atoms with Crippen molar-refractivity contribution < 1.29 is 30.8 Å². The van der Waals surface area contributed by atoms with Gasteiger partial charge in [-0.25, -0.2) is 17.8 Å². The molecule has 0 fully saturated rings. The van der Waals surface area contributed by atoms with E-state index in [0.29, 0.717) is 6.42 Å². The Balaban J connectivity index is 2.18. The maximum Gasteiger partial charge on any atom is 0.433 e. The molecule has 0 aliphatic heterocycles. The summed E-state index contributed by atoms with van der Waals surface area (Å²) in [5.74, 6) is -1.67. The number of hydrogen-bond acceptors (Lipinski definition) is 6. The first kappa shape index (κ1) is 27.6. The maximum absolute atomic E-state index is 14.3. The molecule has 0 saturated heterocycles. The fourth-order valence-electron chi connectivity index (χ4n) is 2.77. The normalized spacial score (nSPS) is 12.7. The minimum Gasteiger partial charge on any atom is -0.367 e. The fraction of sp³-hybridized carbons (Fsp3) is 0.318. The summed E-state index contributed by atoms with van der Waals surface area (Å²) in [7, 11) is -3.82. The predicted octanol–water partition coefficient (Wildman–Crippen LogP) is 4.02. The topological polar surface area (TPSA) is 124 Å². The average molecular weight is 514 g/mol. The molecule has 0 radical (unpaired) electrons. The van der Waals surface area contributed by atoms with E-state index in [9.17, 15) is 36.0 Å². The number of rotatable bonds is 9. The molecular formula is C22H23F4N5O3S. The molecule has 0 aliphatic rings. The fourth-order valence-corrected chi connectivity index (χ4v) is 3.35. The third-order valence-corrected chi connectivity index (χ3v) is 5.23. The zero-order valence-corrected chi connectivity index (χ0v) is 19.8. The number of alkyl halides is 3. The van der Waals surface area contributed by atoms with E-state index in [4.69, 9.17) is 0 Å². The molecular weight excluding hydrogens is 490 g/mol. The van der Waals surface area contributed by atoms with Gasteiger partial charge in [0.1, 0.15) is 29.1 Å². The molecule has 188 valence electrons. The van der Waals surface area contributed by atoms with Crippen LogP contribution in [0.3, 0.4) is 0 Å². The van der Waals surface area contributed by atoms with Crippen LogP contribution in [-0.4, -0.2) is 31.6 Å². The van der Waals surface area contributed by atoms with E-state index in [0.717, 1.165) is 24.5 Å². The van der Waals surface area contributed by atoms with Crippen molar-refractivity contribution in [2.45, 2.75) is 39.0 Å². The Morgan fingerprint density at radius 1 is 1.29 bits per heavy atom. The number of hydrogen-bond donors (Lipinski definition) is 3. The van der Waals surface area contributed by atoms with Gasteiger partial charge in [-0.1, -0.05) is 6.92 Å². The largest absolute Gasteiger partial charge is 0.433 e. The van der Waals surface area contributed by atoms with E-state index in [1.54, 1.807) is 13.0 Å². The van der Waals surface area contributed by atoms with Gasteiger partial charge in [0.2, 0.25) is 15.9 Å². The van der Waals surface area contributed by atoms with Crippen molar-refractivity contribution in [2.24, 2.45) is 0 Å². The summed E-state index contributed by atoms with van der Waals surface area (Å²) in [4.78, 5) is 15.9. The number of carbonyl (C=O) groups is 1. The quantitative estimate of drug-likeness (QED) is 0.344. The molecule has 35 heavy (non-hydrogen) atoms. The van der Waals surface area contributed by atoms with E-state index in [1.807, 2.05) is 11.6 Å². The van der Waals surface area contributed by atoms with Gasteiger partial charge in [0.15, 0.2) is 0 Å². The van der Waals surface area contributed by atoms with Gasteiger partial charge in [0.25, 0.3) is 0 Å². The molecule has 1 aromatic carbocycles. The van der Waals surface area contributed by atoms with Crippen LogP contribution in [0.4, 0.5) is 29.1 Å². The molecule has 0 saturated carbocycles. The van der Waals surface area contributed by atoms with E-state index >= 15 is 0 Å². The molecule has 1 heterocycles. The summed E-state index contributed by atoms with van der Waals surface area (Å²) in [5, 5.41) is 14.5. The number of nitrogens with zero attached hydrogens (tertiary/aromatic N) is 2. The Labute approximate surface area is 200 Å². The first-order chi connectivity index (χ1) is 16.2. The summed E-state index contributed by atoms with van der Waals surface area (Å²) in [6, 6.07) is 5.69. The van der Waals surface area contributed by atoms with Crippen molar-refractivity contribution in [3.63, 3.8) is 0 Å². The van der Waals surface area contributed by atoms with Crippen molar-refractivity contribution in [3.05, 3.63) is 58.5 Å². The third kappa shape index (κ3) is 8.25. The van der Waals surface area contributed by atoms with Crippen LogP contribution in [0.15, 0.2) is 30.3 Å². The second-order valence-electron chi connectivity index (χ2n) is 7.62. The molecule has 3 N–H and O–H groups in total. The summed E-state index contributed by atoms with van der Waals surface area (Å²) in [6.07, 6.45) is -0.832. The predicted molar refractivity (Wildman–Crippen MR) is 123 cm³/mol. The third-order valence-electron chi connectivity index (χ3n) is 4.65. The summed E-state index contributed by atoms with van der Waals surface area (Å²) >= 11 is 0. The number of nitriles is 1. The Kier molecular flexibility index (Phi) is 8.81. The number of nitrogens with one attached hydrogen (secondary N) is 3. The SMILES string of the molecule is CCC(C)Nc1nc(C(F)(F)F)ccc1C=CC(=O)NCc1cc(F)c(NS(C)(=O)=O)c(C#N)c1. The van der Waals surface area contributed by atoms with E-state index in [1.165, 1.54) is 18.2 Å². The number of amides is 1. The van der Waals surface area contributed by atoms with Crippen LogP contribution in [0, 0.1) is 17.1 Å². The molecule has 1 aromatic heterocycles. The molecule has 1 unspecified atom stereocenters. The van der Waals surface area contributed by atoms with Crippen LogP contribution in [0.1, 0.15) is 42.7 Å². The number of pyridine rings is 1. The minimum atomic E-state index is -4.63. The van der Waals surface area contributed by atoms with Crippen LogP contribution in [0.5, 0.6) is 0 Å². The zero-order valence-electron chi connectivity index (χ0n) is 19.0. The Hall–Kier alpha value is -3.66. The summed E-state index contributed by atoms with van der Waals surface area (Å²) < 4.78 is 78.1. The number of halogens is 4. The highest BCUT2D eigenvalue weighted by Crippen LogP contribution is 2.30. The number of benzene rings is 1. The number of sulfonamides is 1. The lowest BCUT2D eigenvalue weighted by Crippen LogP contribution is -2.21. The standard InChI is InChI=1S/C22H23F4N5O3S/c1-4-13(2)29-21-15(5-7-18(30-21)22(24,25)26)6-8-19(32)28-12-14-9-16(11-27)20(17(23)10-14)31-35(3,33)34/h5-10,13,31H,4,12H2,1-3H3,(H,28,32)(H,29,30). The monoisotopic (exact) mass is 513 g/mol. The van der Waals surface area contributed by atoms with Crippen molar-refractivity contribution in [1.29, 1.82) is 5.26 Å². The summed E-state index contributed by atoms with van der Waals surface area (Å²) in [6.45, 7) is 3.42. The number of aromatic nitrogens is 1. The molecule has 13 heteroatoms. The van der Waals surface area contributed by atoms with Crippen LogP contribution in [0.25, 0.3) is 6.08 Å². The highest BCUT2D eigenvalue weighted by atomic mass is 32.2. The second-order valence-corrected chi connectivity index (χ2v) is 9.37. The van der Waals surface area contributed by atoms with E-state index in [2.05, 4.69) is 15.6 Å². The molecule has 1 atom stereocenters. The molecule has 0 spiro atoms. The van der Waals surface area contributed by atoms with Crippen molar-refractivity contribution >= 4 is 33.5 Å². The van der Waals surface area contributed by atoms with Gasteiger partial charge in [-0.05, 0) is 49.2 Å². The zero-order chi connectivity index (χ0) is 26.4.